The summed E-state index contributed by atoms with van der Waals surface area (Å²) in [6, 6.07) is 7.09. The topological polar surface area (TPSA) is 51.2 Å². The number of nitrogens with zero attached hydrogens (tertiary/aromatic N) is 1. The van der Waals surface area contributed by atoms with Crippen LogP contribution in [0, 0.1) is 6.92 Å². The van der Waals surface area contributed by atoms with Crippen LogP contribution in [0.2, 0.25) is 5.02 Å². The molecule has 0 fully saturated rings. The van der Waals surface area contributed by atoms with Crippen molar-refractivity contribution in [1.82, 2.24) is 10.3 Å². The second-order valence-corrected chi connectivity index (χ2v) is 4.78. The normalized spacial score (nSPS) is 10.2. The fourth-order valence-corrected chi connectivity index (χ4v) is 2.22. The fourth-order valence-electron chi connectivity index (χ4n) is 1.95. The van der Waals surface area contributed by atoms with E-state index in [0.29, 0.717) is 22.9 Å². The molecule has 1 N–H and O–H groups in total. The lowest BCUT2D eigenvalue weighted by Crippen LogP contribution is -2.23. The molecular formula is C15H15ClN2O2. The summed E-state index contributed by atoms with van der Waals surface area (Å²) in [7, 11) is 1.54. The second kappa shape index (κ2) is 6.39. The number of ether oxygens (including phenoxy) is 1. The minimum absolute atomic E-state index is 0.226. The Labute approximate surface area is 122 Å². The highest BCUT2D eigenvalue weighted by atomic mass is 35.5. The van der Waals surface area contributed by atoms with Crippen LogP contribution in [0.4, 0.5) is 0 Å². The van der Waals surface area contributed by atoms with E-state index in [9.17, 15) is 4.79 Å². The molecule has 1 amide bonds. The zero-order valence-electron chi connectivity index (χ0n) is 11.3. The highest BCUT2D eigenvalue weighted by Crippen LogP contribution is 2.27. The second-order valence-electron chi connectivity index (χ2n) is 4.35. The van der Waals surface area contributed by atoms with Gasteiger partial charge in [-0.15, -0.1) is 0 Å². The van der Waals surface area contributed by atoms with Crippen molar-refractivity contribution in [2.75, 3.05) is 7.11 Å². The molecule has 4 nitrogen and oxygen atoms in total. The predicted octanol–water partition coefficient (Wildman–Crippen LogP) is 2.98. The van der Waals surface area contributed by atoms with Crippen molar-refractivity contribution in [3.05, 3.63) is 58.4 Å². The lowest BCUT2D eigenvalue weighted by atomic mass is 10.1. The largest absolute Gasteiger partial charge is 0.496 e. The summed E-state index contributed by atoms with van der Waals surface area (Å²) in [5, 5.41) is 3.34. The van der Waals surface area contributed by atoms with Gasteiger partial charge in [0.15, 0.2) is 0 Å². The third-order valence-corrected chi connectivity index (χ3v) is 3.08. The van der Waals surface area contributed by atoms with E-state index in [1.54, 1.807) is 24.5 Å². The zero-order valence-corrected chi connectivity index (χ0v) is 12.1. The fraction of sp³-hybridized carbons (Fsp3) is 0.200. The summed E-state index contributed by atoms with van der Waals surface area (Å²) in [6.07, 6.45) is 3.40. The number of nitrogens with one attached hydrogen (secondary N) is 1. The number of hydrogen-bond donors (Lipinski definition) is 1. The third-order valence-electron chi connectivity index (χ3n) is 2.86. The van der Waals surface area contributed by atoms with E-state index in [2.05, 4.69) is 10.3 Å². The molecular weight excluding hydrogens is 276 g/mol. The molecule has 0 atom stereocenters. The monoisotopic (exact) mass is 290 g/mol. The van der Waals surface area contributed by atoms with E-state index in [4.69, 9.17) is 16.3 Å². The number of hydrogen-bond acceptors (Lipinski definition) is 3. The van der Waals surface area contributed by atoms with Gasteiger partial charge in [0.2, 0.25) is 0 Å². The Kier molecular flexibility index (Phi) is 4.58. The summed E-state index contributed by atoms with van der Waals surface area (Å²) in [6.45, 7) is 2.25. The molecule has 1 aromatic carbocycles. The molecule has 5 heteroatoms. The highest BCUT2D eigenvalue weighted by Gasteiger charge is 2.15. The first-order chi connectivity index (χ1) is 9.61. The summed E-state index contributed by atoms with van der Waals surface area (Å²) in [5.41, 5.74) is 2.19. The van der Waals surface area contributed by atoms with E-state index in [0.717, 1.165) is 11.1 Å². The third kappa shape index (κ3) is 3.27. The van der Waals surface area contributed by atoms with Crippen molar-refractivity contribution in [3.63, 3.8) is 0 Å². The molecule has 1 heterocycles. The Bertz CT molecular complexity index is 615. The van der Waals surface area contributed by atoms with Gasteiger partial charge in [-0.05, 0) is 36.2 Å². The number of aryl methyl sites for hydroxylation is 1. The molecule has 0 saturated carbocycles. The van der Waals surface area contributed by atoms with Crippen molar-refractivity contribution in [1.29, 1.82) is 0 Å². The lowest BCUT2D eigenvalue weighted by molar-refractivity contribution is 0.0947. The van der Waals surface area contributed by atoms with E-state index < -0.39 is 0 Å². The molecule has 0 aliphatic carbocycles. The molecule has 0 spiro atoms. The summed E-state index contributed by atoms with van der Waals surface area (Å²) in [4.78, 5) is 16.2. The van der Waals surface area contributed by atoms with Gasteiger partial charge in [0.1, 0.15) is 5.75 Å². The smallest absolute Gasteiger partial charge is 0.255 e. The molecule has 0 bridgehead atoms. The standard InChI is InChI=1S/C15H15ClN2O2/c1-10-6-12(16)7-13(14(10)20-2)15(19)18-9-11-4-3-5-17-8-11/h3-8H,9H2,1-2H3,(H,18,19). The average Bonchev–Trinajstić information content (AvgIpc) is 2.45. The lowest BCUT2D eigenvalue weighted by Gasteiger charge is -2.12. The van der Waals surface area contributed by atoms with E-state index in [1.807, 2.05) is 19.1 Å². The van der Waals surface area contributed by atoms with Crippen molar-refractivity contribution in [3.8, 4) is 5.75 Å². The zero-order chi connectivity index (χ0) is 14.5. The molecule has 104 valence electrons. The van der Waals surface area contributed by atoms with E-state index >= 15 is 0 Å². The van der Waals surface area contributed by atoms with Gasteiger partial charge in [-0.3, -0.25) is 9.78 Å². The van der Waals surface area contributed by atoms with Crippen LogP contribution in [0.1, 0.15) is 21.5 Å². The summed E-state index contributed by atoms with van der Waals surface area (Å²) >= 11 is 5.99. The van der Waals surface area contributed by atoms with Gasteiger partial charge in [-0.2, -0.15) is 0 Å². The van der Waals surface area contributed by atoms with Crippen LogP contribution in [-0.4, -0.2) is 18.0 Å². The molecule has 2 aromatic rings. The van der Waals surface area contributed by atoms with Gasteiger partial charge < -0.3 is 10.1 Å². The number of pyridine rings is 1. The van der Waals surface area contributed by atoms with Gasteiger partial charge in [-0.1, -0.05) is 17.7 Å². The summed E-state index contributed by atoms with van der Waals surface area (Å²) < 4.78 is 5.27. The first kappa shape index (κ1) is 14.3. The number of aromatic nitrogens is 1. The molecule has 0 saturated heterocycles. The van der Waals surface area contributed by atoms with Crippen LogP contribution in [-0.2, 0) is 6.54 Å². The van der Waals surface area contributed by atoms with E-state index in [1.165, 1.54) is 7.11 Å². The van der Waals surface area contributed by atoms with Crippen molar-refractivity contribution in [2.24, 2.45) is 0 Å². The Morgan fingerprint density at radius 2 is 2.25 bits per heavy atom. The molecule has 0 unspecified atom stereocenters. The Hall–Kier alpha value is -2.07. The van der Waals surface area contributed by atoms with Crippen LogP contribution >= 0.6 is 11.6 Å². The number of halogens is 1. The summed E-state index contributed by atoms with van der Waals surface area (Å²) in [5.74, 6) is 0.314. The maximum absolute atomic E-state index is 12.2. The van der Waals surface area contributed by atoms with Gasteiger partial charge in [0, 0.05) is 24.0 Å². The number of carbonyl (C=O) groups is 1. The Morgan fingerprint density at radius 3 is 2.90 bits per heavy atom. The predicted molar refractivity (Wildman–Crippen MR) is 78.1 cm³/mol. The van der Waals surface area contributed by atoms with E-state index in [-0.39, 0.29) is 5.91 Å². The number of amides is 1. The van der Waals surface area contributed by atoms with Crippen molar-refractivity contribution >= 4 is 17.5 Å². The maximum atomic E-state index is 12.2. The number of carbonyl (C=O) groups excluding carboxylic acids is 1. The molecule has 0 aliphatic rings. The number of rotatable bonds is 4. The van der Waals surface area contributed by atoms with Crippen LogP contribution in [0.15, 0.2) is 36.7 Å². The molecule has 1 aromatic heterocycles. The number of benzene rings is 1. The molecule has 2 rings (SSSR count). The number of methoxy groups -OCH3 is 1. The van der Waals surface area contributed by atoms with Gasteiger partial charge in [-0.25, -0.2) is 0 Å². The molecule has 0 aliphatic heterocycles. The van der Waals surface area contributed by atoms with Crippen molar-refractivity contribution in [2.45, 2.75) is 13.5 Å². The average molecular weight is 291 g/mol. The highest BCUT2D eigenvalue weighted by molar-refractivity contribution is 6.31. The molecule has 20 heavy (non-hydrogen) atoms. The minimum Gasteiger partial charge on any atom is -0.496 e. The van der Waals surface area contributed by atoms with Crippen molar-refractivity contribution < 1.29 is 9.53 Å². The quantitative estimate of drug-likeness (QED) is 0.942. The SMILES string of the molecule is COc1c(C)cc(Cl)cc1C(=O)NCc1cccnc1. The van der Waals surface area contributed by atoms with Gasteiger partial charge in [0.05, 0.1) is 12.7 Å². The Balaban J connectivity index is 2.17. The van der Waals surface area contributed by atoms with Crippen LogP contribution in [0.3, 0.4) is 0 Å². The maximum Gasteiger partial charge on any atom is 0.255 e. The van der Waals surface area contributed by atoms with Crippen LogP contribution in [0.5, 0.6) is 5.75 Å². The minimum atomic E-state index is -0.226. The first-order valence-corrected chi connectivity index (χ1v) is 6.51. The Morgan fingerprint density at radius 1 is 1.45 bits per heavy atom. The molecule has 0 radical (unpaired) electrons. The van der Waals surface area contributed by atoms with Gasteiger partial charge >= 0.3 is 0 Å². The van der Waals surface area contributed by atoms with Crippen LogP contribution in [0.25, 0.3) is 0 Å². The first-order valence-electron chi connectivity index (χ1n) is 6.13. The van der Waals surface area contributed by atoms with Crippen LogP contribution < -0.4 is 10.1 Å². The van der Waals surface area contributed by atoms with Gasteiger partial charge in [0.25, 0.3) is 5.91 Å².